The molecule has 0 bridgehead atoms. The van der Waals surface area contributed by atoms with Gasteiger partial charge in [-0.2, -0.15) is 4.98 Å². The Morgan fingerprint density at radius 1 is 1.44 bits per heavy atom. The Hall–Kier alpha value is -2.34. The number of nitrogens with one attached hydrogen (secondary N) is 1. The fraction of sp³-hybridized carbons (Fsp3) is 0.389. The quantitative estimate of drug-likeness (QED) is 0.790. The van der Waals surface area contributed by atoms with Crippen LogP contribution in [0.2, 0.25) is 0 Å². The molecule has 0 atom stereocenters. The van der Waals surface area contributed by atoms with Crippen LogP contribution in [0.1, 0.15) is 31.0 Å². The maximum atomic E-state index is 12.8. The molecular formula is C18H22ClN5O. The Kier molecular flexibility index (Phi) is 5.08. The lowest BCUT2D eigenvalue weighted by Gasteiger charge is -2.30. The van der Waals surface area contributed by atoms with E-state index in [1.54, 1.807) is 17.1 Å². The smallest absolute Gasteiger partial charge is 0.256 e. The first-order valence-electron chi connectivity index (χ1n) is 8.46. The molecular weight excluding hydrogens is 338 g/mol. The van der Waals surface area contributed by atoms with E-state index in [-0.39, 0.29) is 11.9 Å². The minimum absolute atomic E-state index is 0.122. The van der Waals surface area contributed by atoms with Gasteiger partial charge in [0, 0.05) is 18.7 Å². The van der Waals surface area contributed by atoms with Gasteiger partial charge in [-0.3, -0.25) is 4.79 Å². The number of anilines is 2. The Morgan fingerprint density at radius 3 is 2.92 bits per heavy atom. The fourth-order valence-corrected chi connectivity index (χ4v) is 3.31. The van der Waals surface area contributed by atoms with Crippen molar-refractivity contribution in [3.05, 3.63) is 46.2 Å². The van der Waals surface area contributed by atoms with E-state index in [1.807, 2.05) is 0 Å². The third-order valence-corrected chi connectivity index (χ3v) is 4.71. The van der Waals surface area contributed by atoms with E-state index in [1.165, 1.54) is 0 Å². The summed E-state index contributed by atoms with van der Waals surface area (Å²) in [6.45, 7) is 7.85. The van der Waals surface area contributed by atoms with Gasteiger partial charge in [0.1, 0.15) is 5.82 Å². The molecule has 6 nitrogen and oxygen atoms in total. The van der Waals surface area contributed by atoms with Crippen LogP contribution in [0, 0.1) is 0 Å². The summed E-state index contributed by atoms with van der Waals surface area (Å²) in [6.07, 6.45) is 6.30. The van der Waals surface area contributed by atoms with Crippen LogP contribution >= 0.6 is 11.6 Å². The molecule has 1 aliphatic carbocycles. The number of rotatable bonds is 5. The first-order valence-corrected chi connectivity index (χ1v) is 8.84. The SMILES string of the molecule is C=C1C=CC(Cl)=C1C(=O)N1CCc2c(nc(N)nc2NCCCC)C1. The second-order valence-electron chi connectivity index (χ2n) is 6.19. The summed E-state index contributed by atoms with van der Waals surface area (Å²) in [4.78, 5) is 23.2. The minimum atomic E-state index is -0.122. The summed E-state index contributed by atoms with van der Waals surface area (Å²) in [5.41, 5.74) is 8.79. The molecule has 132 valence electrons. The van der Waals surface area contributed by atoms with Gasteiger partial charge in [0.15, 0.2) is 0 Å². The molecule has 0 spiro atoms. The lowest BCUT2D eigenvalue weighted by molar-refractivity contribution is -0.127. The molecule has 2 aliphatic rings. The van der Waals surface area contributed by atoms with Gasteiger partial charge < -0.3 is 16.0 Å². The number of amides is 1. The predicted octanol–water partition coefficient (Wildman–Crippen LogP) is 2.77. The van der Waals surface area contributed by atoms with E-state index in [0.717, 1.165) is 36.5 Å². The van der Waals surface area contributed by atoms with Crippen molar-refractivity contribution in [2.24, 2.45) is 0 Å². The molecule has 0 fully saturated rings. The summed E-state index contributed by atoms with van der Waals surface area (Å²) < 4.78 is 0. The molecule has 25 heavy (non-hydrogen) atoms. The number of aromatic nitrogens is 2. The number of nitrogens with zero attached hydrogens (tertiary/aromatic N) is 3. The van der Waals surface area contributed by atoms with Crippen molar-refractivity contribution >= 4 is 29.3 Å². The Morgan fingerprint density at radius 2 is 2.24 bits per heavy atom. The van der Waals surface area contributed by atoms with E-state index >= 15 is 0 Å². The first kappa shape index (κ1) is 17.5. The Bertz CT molecular complexity index is 784. The lowest BCUT2D eigenvalue weighted by Crippen LogP contribution is -2.38. The van der Waals surface area contributed by atoms with Crippen molar-refractivity contribution in [3.63, 3.8) is 0 Å². The van der Waals surface area contributed by atoms with Gasteiger partial charge in [-0.05, 0) is 24.5 Å². The van der Waals surface area contributed by atoms with Crippen molar-refractivity contribution in [2.45, 2.75) is 32.7 Å². The van der Waals surface area contributed by atoms with E-state index < -0.39 is 0 Å². The highest BCUT2D eigenvalue weighted by Gasteiger charge is 2.29. The summed E-state index contributed by atoms with van der Waals surface area (Å²) in [5.74, 6) is 0.881. The molecule has 0 aromatic carbocycles. The average molecular weight is 360 g/mol. The third kappa shape index (κ3) is 3.54. The second-order valence-corrected chi connectivity index (χ2v) is 6.60. The number of carbonyl (C=O) groups excluding carboxylic acids is 1. The lowest BCUT2D eigenvalue weighted by atomic mass is 10.0. The van der Waals surface area contributed by atoms with Crippen molar-refractivity contribution in [1.82, 2.24) is 14.9 Å². The van der Waals surface area contributed by atoms with E-state index in [4.69, 9.17) is 17.3 Å². The zero-order valence-electron chi connectivity index (χ0n) is 14.3. The first-order chi connectivity index (χ1) is 12.0. The van der Waals surface area contributed by atoms with Crippen LogP contribution in [0.3, 0.4) is 0 Å². The normalized spacial score (nSPS) is 16.4. The van der Waals surface area contributed by atoms with Crippen LogP contribution in [0.4, 0.5) is 11.8 Å². The van der Waals surface area contributed by atoms with Crippen LogP contribution in [-0.2, 0) is 17.8 Å². The van der Waals surface area contributed by atoms with Gasteiger partial charge in [0.2, 0.25) is 5.95 Å². The Balaban J connectivity index is 1.81. The van der Waals surface area contributed by atoms with Gasteiger partial charge in [-0.15, -0.1) is 0 Å². The van der Waals surface area contributed by atoms with Crippen molar-refractivity contribution < 1.29 is 4.79 Å². The maximum Gasteiger partial charge on any atom is 0.256 e. The molecule has 3 N–H and O–H groups in total. The number of carbonyl (C=O) groups is 1. The second kappa shape index (κ2) is 7.27. The fourth-order valence-electron chi connectivity index (χ4n) is 3.04. The highest BCUT2D eigenvalue weighted by atomic mass is 35.5. The standard InChI is InChI=1S/C18H22ClN5O/c1-3-4-8-21-16-12-7-9-24(10-14(12)22-18(20)23-16)17(25)15-11(2)5-6-13(15)19/h5-6H,2-4,7-10H2,1H3,(H3,20,21,22,23). The van der Waals surface area contributed by atoms with E-state index in [0.29, 0.717) is 35.7 Å². The average Bonchev–Trinajstić information content (AvgIpc) is 2.92. The monoisotopic (exact) mass is 359 g/mol. The molecule has 1 amide bonds. The number of unbranched alkanes of at least 4 members (excludes halogenated alkanes) is 1. The van der Waals surface area contributed by atoms with Gasteiger partial charge in [0.05, 0.1) is 22.8 Å². The van der Waals surface area contributed by atoms with E-state index in [9.17, 15) is 4.79 Å². The number of hydrogen-bond donors (Lipinski definition) is 2. The van der Waals surface area contributed by atoms with Crippen molar-refractivity contribution in [1.29, 1.82) is 0 Å². The molecule has 2 heterocycles. The Labute approximate surface area is 152 Å². The van der Waals surface area contributed by atoms with Crippen LogP contribution in [0.15, 0.2) is 34.9 Å². The molecule has 0 saturated heterocycles. The summed E-state index contributed by atoms with van der Waals surface area (Å²) in [5, 5.41) is 3.77. The zero-order chi connectivity index (χ0) is 18.0. The minimum Gasteiger partial charge on any atom is -0.370 e. The largest absolute Gasteiger partial charge is 0.370 e. The summed E-state index contributed by atoms with van der Waals surface area (Å²) in [7, 11) is 0. The number of nitrogens with two attached hydrogens (primary N) is 1. The molecule has 1 aromatic rings. The molecule has 1 aromatic heterocycles. The van der Waals surface area contributed by atoms with Crippen LogP contribution in [0.25, 0.3) is 0 Å². The molecule has 1 aliphatic heterocycles. The molecule has 3 rings (SSSR count). The number of nitrogen functional groups attached to an aromatic ring is 1. The van der Waals surface area contributed by atoms with Crippen molar-refractivity contribution in [2.75, 3.05) is 24.1 Å². The van der Waals surface area contributed by atoms with Crippen LogP contribution in [-0.4, -0.2) is 33.9 Å². The molecule has 0 unspecified atom stereocenters. The summed E-state index contributed by atoms with van der Waals surface area (Å²) in [6, 6.07) is 0. The maximum absolute atomic E-state index is 12.8. The van der Waals surface area contributed by atoms with Gasteiger partial charge >= 0.3 is 0 Å². The number of halogens is 1. The predicted molar refractivity (Wildman–Crippen MR) is 100 cm³/mol. The van der Waals surface area contributed by atoms with Crippen molar-refractivity contribution in [3.8, 4) is 0 Å². The number of fused-ring (bicyclic) bond motifs is 1. The highest BCUT2D eigenvalue weighted by Crippen LogP contribution is 2.30. The van der Waals surface area contributed by atoms with Gasteiger partial charge in [0.25, 0.3) is 5.91 Å². The van der Waals surface area contributed by atoms with Crippen LogP contribution < -0.4 is 11.1 Å². The number of allylic oxidation sites excluding steroid dienone is 3. The molecule has 0 radical (unpaired) electrons. The number of hydrogen-bond acceptors (Lipinski definition) is 5. The zero-order valence-corrected chi connectivity index (χ0v) is 15.1. The summed E-state index contributed by atoms with van der Waals surface area (Å²) >= 11 is 6.14. The molecule has 0 saturated carbocycles. The topological polar surface area (TPSA) is 84.1 Å². The molecule has 7 heteroatoms. The van der Waals surface area contributed by atoms with Gasteiger partial charge in [-0.1, -0.05) is 37.6 Å². The third-order valence-electron chi connectivity index (χ3n) is 4.40. The van der Waals surface area contributed by atoms with Crippen LogP contribution in [0.5, 0.6) is 0 Å². The van der Waals surface area contributed by atoms with Gasteiger partial charge in [-0.25, -0.2) is 4.98 Å². The van der Waals surface area contributed by atoms with E-state index in [2.05, 4.69) is 28.8 Å². The highest BCUT2D eigenvalue weighted by molar-refractivity contribution is 6.34.